The van der Waals surface area contributed by atoms with Crippen LogP contribution in [0.15, 0.2) is 64.7 Å². The van der Waals surface area contributed by atoms with Crippen LogP contribution in [0, 0.1) is 13.8 Å². The molecule has 1 aliphatic rings. The number of aryl methyl sites for hydroxylation is 2. The molecule has 3 aromatic rings. The van der Waals surface area contributed by atoms with Gasteiger partial charge in [-0.3, -0.25) is 9.59 Å². The first-order valence-electron chi connectivity index (χ1n) is 10.4. The summed E-state index contributed by atoms with van der Waals surface area (Å²) in [7, 11) is 0. The lowest BCUT2D eigenvalue weighted by atomic mass is 10.0. The highest BCUT2D eigenvalue weighted by molar-refractivity contribution is 6.15. The van der Waals surface area contributed by atoms with Gasteiger partial charge in [-0.05, 0) is 55.8 Å². The van der Waals surface area contributed by atoms with Crippen molar-refractivity contribution in [2.75, 3.05) is 11.9 Å². The quantitative estimate of drug-likeness (QED) is 0.380. The number of nitrogens with zero attached hydrogens (tertiary/aromatic N) is 1. The fourth-order valence-electron chi connectivity index (χ4n) is 3.49. The number of carbonyl (C=O) groups is 4. The van der Waals surface area contributed by atoms with Gasteiger partial charge in [0.25, 0.3) is 5.91 Å². The number of rotatable bonds is 6. The SMILES string of the molecule is Cc1ccc(NC(=O)CN2C(=O)N/C(=C\c3ccc(-c4ccc(C(=O)O)cc4C)o3)C2=O)cc1. The molecule has 2 heterocycles. The van der Waals surface area contributed by atoms with Gasteiger partial charge in [0.05, 0.1) is 5.56 Å². The minimum absolute atomic E-state index is 0.0213. The Hall–Kier alpha value is -4.66. The number of hydrogen-bond donors (Lipinski definition) is 3. The second-order valence-corrected chi connectivity index (χ2v) is 7.83. The van der Waals surface area contributed by atoms with Crippen LogP contribution in [0.2, 0.25) is 0 Å². The first-order chi connectivity index (χ1) is 16.2. The van der Waals surface area contributed by atoms with E-state index < -0.39 is 30.4 Å². The second kappa shape index (κ2) is 9.07. The van der Waals surface area contributed by atoms with E-state index in [4.69, 9.17) is 9.52 Å². The third-order valence-corrected chi connectivity index (χ3v) is 5.25. The number of carbonyl (C=O) groups excluding carboxylic acids is 3. The number of nitrogens with one attached hydrogen (secondary N) is 2. The van der Waals surface area contributed by atoms with Crippen molar-refractivity contribution in [1.29, 1.82) is 0 Å². The number of carboxylic acid groups (broad SMARTS) is 1. The second-order valence-electron chi connectivity index (χ2n) is 7.83. The Kier molecular flexibility index (Phi) is 6.01. The lowest BCUT2D eigenvalue weighted by Gasteiger charge is -2.12. The zero-order chi connectivity index (χ0) is 24.4. The normalized spacial score (nSPS) is 14.4. The Morgan fingerprint density at radius 3 is 2.47 bits per heavy atom. The van der Waals surface area contributed by atoms with Crippen LogP contribution in [-0.4, -0.2) is 40.4 Å². The molecule has 1 aromatic heterocycles. The zero-order valence-corrected chi connectivity index (χ0v) is 18.4. The molecule has 3 N–H and O–H groups in total. The summed E-state index contributed by atoms with van der Waals surface area (Å²) in [6.45, 7) is 3.25. The highest BCUT2D eigenvalue weighted by atomic mass is 16.4. The van der Waals surface area contributed by atoms with Crippen LogP contribution in [0.3, 0.4) is 0 Å². The number of aromatic carboxylic acids is 1. The van der Waals surface area contributed by atoms with Crippen molar-refractivity contribution in [2.45, 2.75) is 13.8 Å². The molecule has 1 aliphatic heterocycles. The van der Waals surface area contributed by atoms with Gasteiger partial charge in [0.15, 0.2) is 0 Å². The molecule has 0 spiro atoms. The van der Waals surface area contributed by atoms with E-state index in [0.717, 1.165) is 10.5 Å². The first-order valence-corrected chi connectivity index (χ1v) is 10.4. The summed E-state index contributed by atoms with van der Waals surface area (Å²) in [6.07, 6.45) is 1.38. The van der Waals surface area contributed by atoms with Gasteiger partial charge < -0.3 is 20.2 Å². The van der Waals surface area contributed by atoms with Crippen molar-refractivity contribution in [3.8, 4) is 11.3 Å². The van der Waals surface area contributed by atoms with Gasteiger partial charge in [-0.15, -0.1) is 0 Å². The summed E-state index contributed by atoms with van der Waals surface area (Å²) in [4.78, 5) is 49.2. The number of anilines is 1. The van der Waals surface area contributed by atoms with Gasteiger partial charge in [-0.1, -0.05) is 23.8 Å². The molecule has 0 atom stereocenters. The molecule has 0 unspecified atom stereocenters. The number of furan rings is 1. The molecule has 0 radical (unpaired) electrons. The van der Waals surface area contributed by atoms with Crippen molar-refractivity contribution in [2.24, 2.45) is 0 Å². The first kappa shape index (κ1) is 22.5. The fraction of sp³-hybridized carbons (Fsp3) is 0.120. The van der Waals surface area contributed by atoms with E-state index in [9.17, 15) is 19.2 Å². The number of hydrogen-bond acceptors (Lipinski definition) is 5. The van der Waals surface area contributed by atoms with Gasteiger partial charge in [-0.2, -0.15) is 0 Å². The number of amides is 4. The van der Waals surface area contributed by atoms with Gasteiger partial charge in [0, 0.05) is 17.3 Å². The van der Waals surface area contributed by atoms with Crippen LogP contribution in [0.25, 0.3) is 17.4 Å². The lowest BCUT2D eigenvalue weighted by Crippen LogP contribution is -2.38. The van der Waals surface area contributed by atoms with E-state index in [1.165, 1.54) is 12.1 Å². The van der Waals surface area contributed by atoms with Crippen LogP contribution in [0.5, 0.6) is 0 Å². The number of carboxylic acids is 1. The molecule has 2 aromatic carbocycles. The van der Waals surface area contributed by atoms with Crippen LogP contribution in [0.4, 0.5) is 10.5 Å². The molecule has 9 heteroatoms. The Morgan fingerprint density at radius 1 is 1.06 bits per heavy atom. The van der Waals surface area contributed by atoms with Crippen molar-refractivity contribution < 1.29 is 28.7 Å². The Labute approximate surface area is 194 Å². The Balaban J connectivity index is 1.46. The highest BCUT2D eigenvalue weighted by Gasteiger charge is 2.35. The summed E-state index contributed by atoms with van der Waals surface area (Å²) in [5, 5.41) is 14.2. The molecule has 0 aliphatic carbocycles. The van der Waals surface area contributed by atoms with Gasteiger partial charge >= 0.3 is 12.0 Å². The highest BCUT2D eigenvalue weighted by Crippen LogP contribution is 2.27. The molecule has 0 bridgehead atoms. The Bertz CT molecular complexity index is 1340. The predicted molar refractivity (Wildman–Crippen MR) is 124 cm³/mol. The molecule has 4 rings (SSSR count). The van der Waals surface area contributed by atoms with Gasteiger partial charge in [-0.25, -0.2) is 14.5 Å². The average Bonchev–Trinajstić information content (AvgIpc) is 3.35. The standard InChI is InChI=1S/C25H21N3O6/c1-14-3-6-17(7-4-14)26-22(29)13-28-23(30)20(27-25(28)33)12-18-8-10-21(34-18)19-9-5-16(24(31)32)11-15(19)2/h3-12H,13H2,1-2H3,(H,26,29)(H,27,33)(H,31,32)/b20-12-. The molecule has 1 fully saturated rings. The largest absolute Gasteiger partial charge is 0.478 e. The minimum atomic E-state index is -1.02. The van der Waals surface area contributed by atoms with E-state index in [0.29, 0.717) is 28.3 Å². The van der Waals surface area contributed by atoms with E-state index in [1.54, 1.807) is 43.3 Å². The molecule has 34 heavy (non-hydrogen) atoms. The lowest BCUT2D eigenvalue weighted by molar-refractivity contribution is -0.127. The van der Waals surface area contributed by atoms with E-state index >= 15 is 0 Å². The molecular weight excluding hydrogens is 438 g/mol. The number of urea groups is 1. The number of benzene rings is 2. The summed E-state index contributed by atoms with van der Waals surface area (Å²) in [6, 6.07) is 14.4. The summed E-state index contributed by atoms with van der Waals surface area (Å²) >= 11 is 0. The third-order valence-electron chi connectivity index (χ3n) is 5.25. The molecule has 172 valence electrons. The van der Waals surface area contributed by atoms with Crippen LogP contribution >= 0.6 is 0 Å². The van der Waals surface area contributed by atoms with Gasteiger partial charge in [0.2, 0.25) is 5.91 Å². The maximum Gasteiger partial charge on any atom is 0.335 e. The maximum atomic E-state index is 12.7. The fourth-order valence-corrected chi connectivity index (χ4v) is 3.49. The summed E-state index contributed by atoms with van der Waals surface area (Å²) in [5.41, 5.74) is 3.16. The van der Waals surface area contributed by atoms with Crippen molar-refractivity contribution in [3.05, 3.63) is 82.7 Å². The third kappa shape index (κ3) is 4.73. The zero-order valence-electron chi connectivity index (χ0n) is 18.4. The van der Waals surface area contributed by atoms with Crippen molar-refractivity contribution in [1.82, 2.24) is 10.2 Å². The van der Waals surface area contributed by atoms with Crippen molar-refractivity contribution in [3.63, 3.8) is 0 Å². The monoisotopic (exact) mass is 459 g/mol. The Morgan fingerprint density at radius 2 is 1.79 bits per heavy atom. The van der Waals surface area contributed by atoms with Gasteiger partial charge in [0.1, 0.15) is 23.8 Å². The van der Waals surface area contributed by atoms with Crippen LogP contribution in [-0.2, 0) is 9.59 Å². The molecule has 4 amide bonds. The smallest absolute Gasteiger partial charge is 0.335 e. The van der Waals surface area contributed by atoms with Crippen LogP contribution < -0.4 is 10.6 Å². The molecule has 0 saturated carbocycles. The molecule has 9 nitrogen and oxygen atoms in total. The van der Waals surface area contributed by atoms with E-state index in [-0.39, 0.29) is 11.3 Å². The van der Waals surface area contributed by atoms with Crippen molar-refractivity contribution >= 4 is 35.6 Å². The topological polar surface area (TPSA) is 129 Å². The molecule has 1 saturated heterocycles. The summed E-state index contributed by atoms with van der Waals surface area (Å²) in [5.74, 6) is -1.39. The van der Waals surface area contributed by atoms with Crippen LogP contribution in [0.1, 0.15) is 27.2 Å². The van der Waals surface area contributed by atoms with E-state index in [1.807, 2.05) is 19.1 Å². The average molecular weight is 459 g/mol. The predicted octanol–water partition coefficient (Wildman–Crippen LogP) is 3.79. The molecular formula is C25H21N3O6. The summed E-state index contributed by atoms with van der Waals surface area (Å²) < 4.78 is 5.78. The minimum Gasteiger partial charge on any atom is -0.478 e. The maximum absolute atomic E-state index is 12.7. The number of imide groups is 1. The van der Waals surface area contributed by atoms with E-state index in [2.05, 4.69) is 10.6 Å².